The lowest BCUT2D eigenvalue weighted by Crippen LogP contribution is -2.02. The molecule has 0 fully saturated rings. The van der Waals surface area contributed by atoms with Crippen molar-refractivity contribution in [2.75, 3.05) is 0 Å². The van der Waals surface area contributed by atoms with Crippen molar-refractivity contribution in [3.8, 4) is 5.75 Å². The van der Waals surface area contributed by atoms with Crippen molar-refractivity contribution in [2.24, 2.45) is 0 Å². The maximum Gasteiger partial charge on any atom is 0.176 e. The summed E-state index contributed by atoms with van der Waals surface area (Å²) in [6.45, 7) is 1.85. The van der Waals surface area contributed by atoms with E-state index in [-0.39, 0.29) is 6.10 Å². The Bertz CT molecular complexity index is 471. The zero-order chi connectivity index (χ0) is 11.5. The Labute approximate surface area is 103 Å². The lowest BCUT2D eigenvalue weighted by molar-refractivity contribution is 0.182. The molecule has 2 rings (SSSR count). The van der Waals surface area contributed by atoms with Crippen LogP contribution in [0.3, 0.4) is 0 Å². The van der Waals surface area contributed by atoms with Crippen LogP contribution in [-0.2, 0) is 0 Å². The molecule has 1 aromatic heterocycles. The summed E-state index contributed by atoms with van der Waals surface area (Å²) >= 11 is 11.8. The molecular weight excluding hydrogens is 249 g/mol. The SMILES string of the molecule is CC(Oc1ccc(Cl)cc1Cl)c1ccno1. The van der Waals surface area contributed by atoms with E-state index >= 15 is 0 Å². The third-order valence-corrected chi connectivity index (χ3v) is 2.59. The van der Waals surface area contributed by atoms with E-state index in [1.165, 1.54) is 0 Å². The van der Waals surface area contributed by atoms with Gasteiger partial charge >= 0.3 is 0 Å². The fourth-order valence-electron chi connectivity index (χ4n) is 1.25. The van der Waals surface area contributed by atoms with E-state index in [4.69, 9.17) is 32.5 Å². The molecule has 1 aromatic carbocycles. The molecule has 0 amide bonds. The second-order valence-corrected chi connectivity index (χ2v) is 4.09. The number of aromatic nitrogens is 1. The van der Waals surface area contributed by atoms with Gasteiger partial charge in [-0.25, -0.2) is 0 Å². The molecule has 1 atom stereocenters. The summed E-state index contributed by atoms with van der Waals surface area (Å²) in [5, 5.41) is 4.66. The lowest BCUT2D eigenvalue weighted by atomic mass is 10.3. The van der Waals surface area contributed by atoms with E-state index in [0.717, 1.165) is 0 Å². The van der Waals surface area contributed by atoms with Crippen molar-refractivity contribution >= 4 is 23.2 Å². The topological polar surface area (TPSA) is 35.3 Å². The Kier molecular flexibility index (Phi) is 3.36. The van der Waals surface area contributed by atoms with Gasteiger partial charge in [0.2, 0.25) is 0 Å². The lowest BCUT2D eigenvalue weighted by Gasteiger charge is -2.12. The highest BCUT2D eigenvalue weighted by molar-refractivity contribution is 6.35. The molecule has 3 nitrogen and oxygen atoms in total. The first-order valence-electron chi connectivity index (χ1n) is 4.69. The van der Waals surface area contributed by atoms with Gasteiger partial charge in [0.05, 0.1) is 11.2 Å². The molecule has 84 valence electrons. The van der Waals surface area contributed by atoms with Crippen LogP contribution in [0, 0.1) is 0 Å². The first-order valence-corrected chi connectivity index (χ1v) is 5.44. The fraction of sp³-hybridized carbons (Fsp3) is 0.182. The van der Waals surface area contributed by atoms with E-state index < -0.39 is 0 Å². The van der Waals surface area contributed by atoms with Gasteiger partial charge in [-0.2, -0.15) is 0 Å². The predicted molar refractivity (Wildman–Crippen MR) is 62.0 cm³/mol. The highest BCUT2D eigenvalue weighted by Crippen LogP contribution is 2.31. The van der Waals surface area contributed by atoms with Gasteiger partial charge in [-0.3, -0.25) is 0 Å². The van der Waals surface area contributed by atoms with E-state index in [1.54, 1.807) is 30.5 Å². The highest BCUT2D eigenvalue weighted by Gasteiger charge is 2.13. The zero-order valence-corrected chi connectivity index (χ0v) is 10.00. The predicted octanol–water partition coefficient (Wildman–Crippen LogP) is 4.12. The quantitative estimate of drug-likeness (QED) is 0.830. The smallest absolute Gasteiger partial charge is 0.176 e. The Balaban J connectivity index is 2.15. The van der Waals surface area contributed by atoms with Crippen LogP contribution < -0.4 is 4.74 Å². The van der Waals surface area contributed by atoms with Gasteiger partial charge in [-0.05, 0) is 25.1 Å². The average molecular weight is 258 g/mol. The summed E-state index contributed by atoms with van der Waals surface area (Å²) in [4.78, 5) is 0. The van der Waals surface area contributed by atoms with E-state index in [0.29, 0.717) is 21.6 Å². The maximum atomic E-state index is 5.98. The van der Waals surface area contributed by atoms with Crippen molar-refractivity contribution in [3.63, 3.8) is 0 Å². The standard InChI is InChI=1S/C11H9Cl2NO2/c1-7(10-4-5-14-16-10)15-11-3-2-8(12)6-9(11)13/h2-7H,1H3. The number of rotatable bonds is 3. The first-order chi connectivity index (χ1) is 7.66. The largest absolute Gasteiger partial charge is 0.481 e. The highest BCUT2D eigenvalue weighted by atomic mass is 35.5. The summed E-state index contributed by atoms with van der Waals surface area (Å²) in [6.07, 6.45) is 1.32. The van der Waals surface area contributed by atoms with E-state index in [9.17, 15) is 0 Å². The summed E-state index contributed by atoms with van der Waals surface area (Å²) in [7, 11) is 0. The average Bonchev–Trinajstić information content (AvgIpc) is 2.75. The molecular formula is C11H9Cl2NO2. The van der Waals surface area contributed by atoms with Gasteiger partial charge in [-0.15, -0.1) is 0 Å². The Morgan fingerprint density at radius 2 is 2.12 bits per heavy atom. The molecule has 16 heavy (non-hydrogen) atoms. The maximum absolute atomic E-state index is 5.98. The van der Waals surface area contributed by atoms with Gasteiger partial charge in [0.15, 0.2) is 11.9 Å². The fourth-order valence-corrected chi connectivity index (χ4v) is 1.71. The Morgan fingerprint density at radius 3 is 2.75 bits per heavy atom. The number of hydrogen-bond acceptors (Lipinski definition) is 3. The number of hydrogen-bond donors (Lipinski definition) is 0. The molecule has 1 unspecified atom stereocenters. The molecule has 0 saturated heterocycles. The van der Waals surface area contributed by atoms with Crippen LogP contribution in [0.4, 0.5) is 0 Å². The van der Waals surface area contributed by atoms with Crippen LogP contribution in [0.15, 0.2) is 35.0 Å². The summed E-state index contributed by atoms with van der Waals surface area (Å²) in [5.74, 6) is 1.21. The van der Waals surface area contributed by atoms with Gasteiger partial charge in [0, 0.05) is 11.1 Å². The van der Waals surface area contributed by atoms with E-state index in [1.807, 2.05) is 6.92 Å². The van der Waals surface area contributed by atoms with Crippen molar-refractivity contribution < 1.29 is 9.26 Å². The minimum atomic E-state index is -0.249. The van der Waals surface area contributed by atoms with Gasteiger partial charge in [0.25, 0.3) is 0 Å². The minimum Gasteiger partial charge on any atom is -0.481 e. The first kappa shape index (κ1) is 11.3. The molecule has 1 heterocycles. The van der Waals surface area contributed by atoms with Crippen LogP contribution in [0.25, 0.3) is 0 Å². The van der Waals surface area contributed by atoms with Crippen LogP contribution in [-0.4, -0.2) is 5.16 Å². The van der Waals surface area contributed by atoms with Gasteiger partial charge < -0.3 is 9.26 Å². The van der Waals surface area contributed by atoms with Crippen LogP contribution in [0.5, 0.6) is 5.75 Å². The Hall–Kier alpha value is -1.19. The minimum absolute atomic E-state index is 0.249. The number of benzene rings is 1. The van der Waals surface area contributed by atoms with Gasteiger partial charge in [0.1, 0.15) is 5.75 Å². The Morgan fingerprint density at radius 1 is 1.31 bits per heavy atom. The molecule has 0 bridgehead atoms. The molecule has 0 aliphatic heterocycles. The number of nitrogens with zero attached hydrogens (tertiary/aromatic N) is 1. The molecule has 0 aliphatic carbocycles. The third-order valence-electron chi connectivity index (χ3n) is 2.06. The summed E-state index contributed by atoms with van der Waals surface area (Å²) in [5.41, 5.74) is 0. The summed E-state index contributed by atoms with van der Waals surface area (Å²) in [6, 6.07) is 6.81. The second-order valence-electron chi connectivity index (χ2n) is 3.25. The van der Waals surface area contributed by atoms with Crippen LogP contribution >= 0.6 is 23.2 Å². The van der Waals surface area contributed by atoms with Crippen LogP contribution in [0.1, 0.15) is 18.8 Å². The van der Waals surface area contributed by atoms with Crippen molar-refractivity contribution in [3.05, 3.63) is 46.3 Å². The van der Waals surface area contributed by atoms with Gasteiger partial charge in [-0.1, -0.05) is 28.4 Å². The summed E-state index contributed by atoms with van der Waals surface area (Å²) < 4.78 is 10.6. The molecule has 0 saturated carbocycles. The molecule has 5 heteroatoms. The molecule has 0 aliphatic rings. The molecule has 0 N–H and O–H groups in total. The molecule has 2 aromatic rings. The molecule has 0 spiro atoms. The van der Waals surface area contributed by atoms with Crippen molar-refractivity contribution in [1.82, 2.24) is 5.16 Å². The van der Waals surface area contributed by atoms with Crippen LogP contribution in [0.2, 0.25) is 10.0 Å². The number of halogens is 2. The van der Waals surface area contributed by atoms with Crippen molar-refractivity contribution in [1.29, 1.82) is 0 Å². The van der Waals surface area contributed by atoms with Crippen molar-refractivity contribution in [2.45, 2.75) is 13.0 Å². The number of ether oxygens (including phenoxy) is 1. The monoisotopic (exact) mass is 257 g/mol. The third kappa shape index (κ3) is 2.49. The normalized spacial score (nSPS) is 12.4. The second kappa shape index (κ2) is 4.76. The molecule has 0 radical (unpaired) electrons. The van der Waals surface area contributed by atoms with E-state index in [2.05, 4.69) is 5.16 Å². The zero-order valence-electron chi connectivity index (χ0n) is 8.48.